The molecule has 0 amide bonds. The van der Waals surface area contributed by atoms with Crippen LogP contribution in [0.3, 0.4) is 0 Å². The van der Waals surface area contributed by atoms with E-state index in [0.717, 1.165) is 15.7 Å². The van der Waals surface area contributed by atoms with Gasteiger partial charge in [0.25, 0.3) is 5.56 Å². The van der Waals surface area contributed by atoms with Crippen LogP contribution >= 0.6 is 0 Å². The van der Waals surface area contributed by atoms with Gasteiger partial charge in [0.05, 0.1) is 26.4 Å². The molecule has 9 heteroatoms. The molecule has 2 N–H and O–H groups in total. The maximum atomic E-state index is 12.6. The second-order valence-corrected chi connectivity index (χ2v) is 8.39. The van der Waals surface area contributed by atoms with Crippen molar-refractivity contribution in [2.24, 2.45) is 0 Å². The van der Waals surface area contributed by atoms with E-state index in [-0.39, 0.29) is 19.8 Å². The third kappa shape index (κ3) is 5.95. The summed E-state index contributed by atoms with van der Waals surface area (Å²) in [5.41, 5.74) is -1.07. The first-order valence-corrected chi connectivity index (χ1v) is 11.6. The van der Waals surface area contributed by atoms with Gasteiger partial charge in [-0.25, -0.2) is 4.79 Å². The zero-order valence-corrected chi connectivity index (χ0v) is 19.5. The van der Waals surface area contributed by atoms with Crippen LogP contribution in [0.1, 0.15) is 24.3 Å². The minimum Gasteiger partial charge on any atom is -0.380 e. The van der Waals surface area contributed by atoms with Gasteiger partial charge < -0.3 is 24.1 Å². The van der Waals surface area contributed by atoms with E-state index >= 15 is 0 Å². The number of H-pyrrole nitrogens is 1. The lowest BCUT2D eigenvalue weighted by atomic mass is 9.94. The third-order valence-corrected chi connectivity index (χ3v) is 5.87. The van der Waals surface area contributed by atoms with E-state index in [1.165, 1.54) is 12.3 Å². The highest BCUT2D eigenvalue weighted by Crippen LogP contribution is 2.40. The fourth-order valence-electron chi connectivity index (χ4n) is 4.16. The smallest absolute Gasteiger partial charge is 0.330 e. The second kappa shape index (κ2) is 11.6. The molecule has 1 aliphatic rings. The van der Waals surface area contributed by atoms with Crippen LogP contribution in [0.25, 0.3) is 0 Å². The molecule has 2 aromatic carbocycles. The van der Waals surface area contributed by atoms with Crippen molar-refractivity contribution in [2.75, 3.05) is 19.8 Å². The number of hydrogen-bond acceptors (Lipinski definition) is 7. The van der Waals surface area contributed by atoms with Crippen LogP contribution in [0.4, 0.5) is 0 Å². The van der Waals surface area contributed by atoms with Gasteiger partial charge in [-0.05, 0) is 18.1 Å². The summed E-state index contributed by atoms with van der Waals surface area (Å²) in [7, 11) is 0. The van der Waals surface area contributed by atoms with Crippen molar-refractivity contribution >= 4 is 0 Å². The monoisotopic (exact) mass is 482 g/mol. The predicted molar refractivity (Wildman–Crippen MR) is 128 cm³/mol. The van der Waals surface area contributed by atoms with Crippen molar-refractivity contribution < 1.29 is 24.1 Å². The molecule has 186 valence electrons. The Morgan fingerprint density at radius 1 is 0.971 bits per heavy atom. The Balaban J connectivity index is 1.61. The first-order chi connectivity index (χ1) is 17.0. The molecule has 0 aliphatic carbocycles. The van der Waals surface area contributed by atoms with Crippen LogP contribution in [-0.2, 0) is 32.2 Å². The summed E-state index contributed by atoms with van der Waals surface area (Å²) in [4.78, 5) is 26.4. The fraction of sp³-hybridized carbons (Fsp3) is 0.385. The molecule has 2 heterocycles. The molecule has 3 aromatic rings. The summed E-state index contributed by atoms with van der Waals surface area (Å²) in [5, 5.41) is 11.9. The molecule has 1 aliphatic heterocycles. The van der Waals surface area contributed by atoms with E-state index in [9.17, 15) is 14.7 Å². The maximum absolute atomic E-state index is 12.6. The van der Waals surface area contributed by atoms with E-state index < -0.39 is 35.3 Å². The van der Waals surface area contributed by atoms with Gasteiger partial charge in [0, 0.05) is 18.9 Å². The van der Waals surface area contributed by atoms with Gasteiger partial charge in [-0.15, -0.1) is 0 Å². The second-order valence-electron chi connectivity index (χ2n) is 8.39. The van der Waals surface area contributed by atoms with Crippen LogP contribution < -0.4 is 11.2 Å². The molecule has 4 rings (SSSR count). The predicted octanol–water partition coefficient (Wildman–Crippen LogP) is 2.00. The number of ether oxygens (including phenoxy) is 4. The lowest BCUT2D eigenvalue weighted by Gasteiger charge is -2.33. The van der Waals surface area contributed by atoms with Crippen molar-refractivity contribution in [2.45, 2.75) is 44.2 Å². The molecular formula is C26H30N2O7. The van der Waals surface area contributed by atoms with E-state index in [2.05, 4.69) is 4.98 Å². The molecule has 1 aromatic heterocycles. The van der Waals surface area contributed by atoms with E-state index in [0.29, 0.717) is 13.2 Å². The molecule has 0 unspecified atom stereocenters. The number of aromatic nitrogens is 2. The van der Waals surface area contributed by atoms with Gasteiger partial charge in [-0.2, -0.15) is 0 Å². The van der Waals surface area contributed by atoms with E-state index in [1.54, 1.807) is 6.92 Å². The van der Waals surface area contributed by atoms with Gasteiger partial charge in [0.1, 0.15) is 12.2 Å². The molecule has 1 saturated heterocycles. The largest absolute Gasteiger partial charge is 0.380 e. The highest BCUT2D eigenvalue weighted by molar-refractivity contribution is 5.15. The topological polar surface area (TPSA) is 112 Å². The van der Waals surface area contributed by atoms with Crippen molar-refractivity contribution in [1.82, 2.24) is 9.55 Å². The van der Waals surface area contributed by atoms with E-state index in [4.69, 9.17) is 18.9 Å². The Kier molecular flexibility index (Phi) is 8.27. The molecule has 0 spiro atoms. The van der Waals surface area contributed by atoms with Gasteiger partial charge in [-0.1, -0.05) is 60.7 Å². The van der Waals surface area contributed by atoms with Crippen molar-refractivity contribution in [3.05, 3.63) is 105 Å². The molecule has 0 bridgehead atoms. The summed E-state index contributed by atoms with van der Waals surface area (Å²) in [6, 6.07) is 20.4. The van der Waals surface area contributed by atoms with Gasteiger partial charge in [-0.3, -0.25) is 14.3 Å². The highest BCUT2D eigenvalue weighted by atomic mass is 16.6. The Labute approximate surface area is 202 Å². The minimum absolute atomic E-state index is 0.109. The fourth-order valence-corrected chi connectivity index (χ4v) is 4.16. The number of nitrogens with one attached hydrogen (secondary N) is 1. The normalized spacial score (nSPS) is 24.0. The molecule has 0 radical (unpaired) electrons. The molecule has 0 saturated carbocycles. The standard InChI is InChI=1S/C26H30N2O7/c1-2-32-18-26(31)23(34-16-20-11-7-4-8-12-20)21(17-33-15-19-9-5-3-6-10-19)35-24(26)28-14-13-22(29)27-25(28)30/h3-14,21,23-24,31H,2,15-18H2,1H3,(H,27,29,30)/t21-,23-,24-,26-/m1/s1. The lowest BCUT2D eigenvalue weighted by molar-refractivity contribution is -0.161. The van der Waals surface area contributed by atoms with Gasteiger partial charge in [0.2, 0.25) is 0 Å². The average molecular weight is 483 g/mol. The van der Waals surface area contributed by atoms with Crippen molar-refractivity contribution in [3.8, 4) is 0 Å². The molecule has 35 heavy (non-hydrogen) atoms. The first-order valence-electron chi connectivity index (χ1n) is 11.6. The Bertz CT molecular complexity index is 1180. The lowest BCUT2D eigenvalue weighted by Crippen LogP contribution is -2.53. The van der Waals surface area contributed by atoms with Gasteiger partial charge in [0.15, 0.2) is 11.8 Å². The molecule has 1 fully saturated rings. The SMILES string of the molecule is CCOC[C@@]1(O)[C@H](OCc2ccccc2)[C@@H](COCc2ccccc2)O[C@H]1n1ccc(=O)[nH]c1=O. The van der Waals surface area contributed by atoms with E-state index in [1.807, 2.05) is 60.7 Å². The zero-order chi connectivity index (χ0) is 24.7. The summed E-state index contributed by atoms with van der Waals surface area (Å²) < 4.78 is 25.1. The third-order valence-electron chi connectivity index (χ3n) is 5.87. The summed E-state index contributed by atoms with van der Waals surface area (Å²) in [6.07, 6.45) is -1.46. The van der Waals surface area contributed by atoms with Crippen LogP contribution in [0.15, 0.2) is 82.5 Å². The number of benzene rings is 2. The average Bonchev–Trinajstić information content (AvgIpc) is 3.14. The quantitative estimate of drug-likeness (QED) is 0.430. The molecule has 4 atom stereocenters. The number of hydrogen-bond donors (Lipinski definition) is 2. The number of nitrogens with zero attached hydrogens (tertiary/aromatic N) is 1. The van der Waals surface area contributed by atoms with Crippen LogP contribution in [0, 0.1) is 0 Å². The summed E-state index contributed by atoms with van der Waals surface area (Å²) in [5.74, 6) is 0. The van der Waals surface area contributed by atoms with Crippen molar-refractivity contribution in [1.29, 1.82) is 0 Å². The summed E-state index contributed by atoms with van der Waals surface area (Å²) >= 11 is 0. The molecule has 9 nitrogen and oxygen atoms in total. The number of aliphatic hydroxyl groups is 1. The Morgan fingerprint density at radius 2 is 1.63 bits per heavy atom. The minimum atomic E-state index is -1.73. The van der Waals surface area contributed by atoms with Crippen LogP contribution in [0.2, 0.25) is 0 Å². The summed E-state index contributed by atoms with van der Waals surface area (Å²) in [6.45, 7) is 2.67. The maximum Gasteiger partial charge on any atom is 0.330 e. The highest BCUT2D eigenvalue weighted by Gasteiger charge is 2.58. The van der Waals surface area contributed by atoms with Gasteiger partial charge >= 0.3 is 5.69 Å². The van der Waals surface area contributed by atoms with Crippen molar-refractivity contribution in [3.63, 3.8) is 0 Å². The van der Waals surface area contributed by atoms with Crippen LogP contribution in [-0.4, -0.2) is 52.3 Å². The Morgan fingerprint density at radius 3 is 2.26 bits per heavy atom. The first kappa shape index (κ1) is 25.0. The Hall–Kier alpha value is -3.08. The number of aromatic amines is 1. The zero-order valence-electron chi connectivity index (χ0n) is 19.5. The van der Waals surface area contributed by atoms with Crippen LogP contribution in [0.5, 0.6) is 0 Å². The molecular weight excluding hydrogens is 452 g/mol. The number of rotatable bonds is 11.